The van der Waals surface area contributed by atoms with Gasteiger partial charge in [-0.05, 0) is 34.1 Å². The fourth-order valence-electron chi connectivity index (χ4n) is 1.25. The summed E-state index contributed by atoms with van der Waals surface area (Å²) in [6, 6.07) is 6.18. The second-order valence-electron chi connectivity index (χ2n) is 3.28. The van der Waals surface area contributed by atoms with Crippen LogP contribution in [0.4, 0.5) is 5.88 Å². The number of nitrogens with one attached hydrogen (secondary N) is 1. The van der Waals surface area contributed by atoms with E-state index in [1.165, 1.54) is 17.4 Å². The number of amides is 1. The van der Waals surface area contributed by atoms with Crippen molar-refractivity contribution in [2.75, 3.05) is 0 Å². The Labute approximate surface area is 114 Å². The van der Waals surface area contributed by atoms with E-state index in [1.54, 1.807) is 0 Å². The van der Waals surface area contributed by atoms with Crippen LogP contribution in [0.25, 0.3) is 0 Å². The lowest BCUT2D eigenvalue weighted by Crippen LogP contribution is -2.21. The molecule has 0 unspecified atom stereocenters. The molecule has 2 heterocycles. The SMILES string of the molecule is O=C(NCc1ccc(Br)s1)c1ccc([N+](=O)[O-])o1. The fourth-order valence-corrected chi connectivity index (χ4v) is 2.67. The largest absolute Gasteiger partial charge is 0.433 e. The molecule has 0 spiro atoms. The molecule has 0 aliphatic carbocycles. The molecule has 0 bridgehead atoms. The van der Waals surface area contributed by atoms with Gasteiger partial charge < -0.3 is 9.73 Å². The molecule has 0 atom stereocenters. The first-order chi connectivity index (χ1) is 8.56. The minimum Gasteiger partial charge on any atom is -0.395 e. The van der Waals surface area contributed by atoms with Gasteiger partial charge in [-0.3, -0.25) is 14.9 Å². The van der Waals surface area contributed by atoms with E-state index in [-0.39, 0.29) is 5.76 Å². The number of nitrogens with zero attached hydrogens (tertiary/aromatic N) is 1. The summed E-state index contributed by atoms with van der Waals surface area (Å²) in [7, 11) is 0. The highest BCUT2D eigenvalue weighted by molar-refractivity contribution is 9.11. The number of rotatable bonds is 4. The van der Waals surface area contributed by atoms with Crippen molar-refractivity contribution in [3.63, 3.8) is 0 Å². The second-order valence-corrected chi connectivity index (χ2v) is 5.83. The van der Waals surface area contributed by atoms with Gasteiger partial charge in [-0.15, -0.1) is 11.3 Å². The van der Waals surface area contributed by atoms with Crippen molar-refractivity contribution in [2.24, 2.45) is 0 Å². The highest BCUT2D eigenvalue weighted by Gasteiger charge is 2.16. The number of hydrogen-bond donors (Lipinski definition) is 1. The minimum atomic E-state index is -0.687. The Bertz CT molecular complexity index is 592. The van der Waals surface area contributed by atoms with Gasteiger partial charge >= 0.3 is 5.88 Å². The van der Waals surface area contributed by atoms with E-state index >= 15 is 0 Å². The molecular weight excluding hydrogens is 324 g/mol. The van der Waals surface area contributed by atoms with E-state index in [0.717, 1.165) is 14.7 Å². The molecule has 1 N–H and O–H groups in total. The zero-order valence-electron chi connectivity index (χ0n) is 8.88. The monoisotopic (exact) mass is 330 g/mol. The van der Waals surface area contributed by atoms with Gasteiger partial charge in [0.2, 0.25) is 0 Å². The third kappa shape index (κ3) is 2.96. The van der Waals surface area contributed by atoms with Crippen molar-refractivity contribution in [3.8, 4) is 0 Å². The third-order valence-corrected chi connectivity index (χ3v) is 3.67. The average molecular weight is 331 g/mol. The Kier molecular flexibility index (Phi) is 3.78. The molecule has 2 aromatic heterocycles. The zero-order chi connectivity index (χ0) is 13.1. The van der Waals surface area contributed by atoms with Gasteiger partial charge in [0.05, 0.1) is 16.4 Å². The normalized spacial score (nSPS) is 10.3. The molecule has 6 nitrogen and oxygen atoms in total. The Hall–Kier alpha value is -1.67. The molecular formula is C10H7BrN2O4S. The predicted octanol–water partition coefficient (Wildman–Crippen LogP) is 2.94. The molecule has 18 heavy (non-hydrogen) atoms. The summed E-state index contributed by atoms with van der Waals surface area (Å²) in [5, 5.41) is 13.0. The minimum absolute atomic E-state index is 0.0719. The maximum atomic E-state index is 11.6. The van der Waals surface area contributed by atoms with Crippen molar-refractivity contribution in [2.45, 2.75) is 6.54 Å². The van der Waals surface area contributed by atoms with Gasteiger partial charge in [0, 0.05) is 4.88 Å². The van der Waals surface area contributed by atoms with Crippen LogP contribution < -0.4 is 5.32 Å². The van der Waals surface area contributed by atoms with E-state index in [2.05, 4.69) is 21.2 Å². The first-order valence-corrected chi connectivity index (χ1v) is 6.44. The zero-order valence-corrected chi connectivity index (χ0v) is 11.3. The van der Waals surface area contributed by atoms with Crippen LogP contribution >= 0.6 is 27.3 Å². The Morgan fingerprint density at radius 3 is 2.78 bits per heavy atom. The van der Waals surface area contributed by atoms with Gasteiger partial charge in [0.15, 0.2) is 5.76 Å². The molecule has 0 radical (unpaired) electrons. The molecule has 0 aromatic carbocycles. The van der Waals surface area contributed by atoms with Crippen molar-refractivity contribution < 1.29 is 14.1 Å². The van der Waals surface area contributed by atoms with E-state index in [1.807, 2.05) is 12.1 Å². The van der Waals surface area contributed by atoms with Crippen molar-refractivity contribution in [1.29, 1.82) is 0 Å². The number of carbonyl (C=O) groups excluding carboxylic acids is 1. The molecule has 94 valence electrons. The second kappa shape index (κ2) is 5.32. The maximum absolute atomic E-state index is 11.6. The summed E-state index contributed by atoms with van der Waals surface area (Å²) in [4.78, 5) is 22.3. The third-order valence-electron chi connectivity index (χ3n) is 2.05. The summed E-state index contributed by atoms with van der Waals surface area (Å²) in [6.45, 7) is 0.351. The average Bonchev–Trinajstić information content (AvgIpc) is 2.94. The Morgan fingerprint density at radius 2 is 2.22 bits per heavy atom. The van der Waals surface area contributed by atoms with Crippen molar-refractivity contribution in [3.05, 3.63) is 48.8 Å². The highest BCUT2D eigenvalue weighted by atomic mass is 79.9. The first-order valence-electron chi connectivity index (χ1n) is 4.83. The van der Waals surface area contributed by atoms with Gasteiger partial charge in [0.25, 0.3) is 5.91 Å². The van der Waals surface area contributed by atoms with Crippen LogP contribution in [-0.2, 0) is 6.54 Å². The van der Waals surface area contributed by atoms with Gasteiger partial charge in [-0.25, -0.2) is 0 Å². The molecule has 0 aliphatic heterocycles. The number of nitro groups is 1. The van der Waals surface area contributed by atoms with Gasteiger partial charge in [-0.1, -0.05) is 0 Å². The van der Waals surface area contributed by atoms with Crippen LogP contribution in [0.5, 0.6) is 0 Å². The summed E-state index contributed by atoms with van der Waals surface area (Å²) in [6.07, 6.45) is 0. The summed E-state index contributed by atoms with van der Waals surface area (Å²) in [5.41, 5.74) is 0. The summed E-state index contributed by atoms with van der Waals surface area (Å²) in [5.74, 6) is -0.996. The smallest absolute Gasteiger partial charge is 0.395 e. The standard InChI is InChI=1S/C10H7BrN2O4S/c11-8-3-1-6(18-8)5-12-10(14)7-2-4-9(17-7)13(15)16/h1-4H,5H2,(H,12,14). The van der Waals surface area contributed by atoms with Crippen LogP contribution in [0.1, 0.15) is 15.4 Å². The lowest BCUT2D eigenvalue weighted by molar-refractivity contribution is -0.402. The fraction of sp³-hybridized carbons (Fsp3) is 0.100. The number of hydrogen-bond acceptors (Lipinski definition) is 5. The number of furan rings is 1. The van der Waals surface area contributed by atoms with E-state index in [0.29, 0.717) is 6.54 Å². The number of halogens is 1. The van der Waals surface area contributed by atoms with Gasteiger partial charge in [-0.2, -0.15) is 0 Å². The quantitative estimate of drug-likeness (QED) is 0.689. The maximum Gasteiger partial charge on any atom is 0.433 e. The first kappa shape index (κ1) is 12.8. The molecule has 0 saturated carbocycles. The molecule has 0 saturated heterocycles. The van der Waals surface area contributed by atoms with Crippen LogP contribution in [0.15, 0.2) is 32.5 Å². The molecule has 2 aromatic rings. The van der Waals surface area contributed by atoms with E-state index < -0.39 is 16.7 Å². The Balaban J connectivity index is 1.97. The highest BCUT2D eigenvalue weighted by Crippen LogP contribution is 2.22. The van der Waals surface area contributed by atoms with Crippen LogP contribution in [0.2, 0.25) is 0 Å². The van der Waals surface area contributed by atoms with E-state index in [4.69, 9.17) is 4.42 Å². The number of carbonyl (C=O) groups is 1. The summed E-state index contributed by atoms with van der Waals surface area (Å²) < 4.78 is 5.76. The Morgan fingerprint density at radius 1 is 1.44 bits per heavy atom. The lowest BCUT2D eigenvalue weighted by atomic mass is 10.4. The molecule has 1 amide bonds. The molecule has 0 fully saturated rings. The molecule has 8 heteroatoms. The van der Waals surface area contributed by atoms with E-state index in [9.17, 15) is 14.9 Å². The molecule has 0 aliphatic rings. The number of thiophene rings is 1. The lowest BCUT2D eigenvalue weighted by Gasteiger charge is -1.99. The van der Waals surface area contributed by atoms with Crippen molar-refractivity contribution >= 4 is 39.1 Å². The predicted molar refractivity (Wildman–Crippen MR) is 68.6 cm³/mol. The van der Waals surface area contributed by atoms with Crippen LogP contribution in [0, 0.1) is 10.1 Å². The van der Waals surface area contributed by atoms with Crippen LogP contribution in [0.3, 0.4) is 0 Å². The topological polar surface area (TPSA) is 85.4 Å². The van der Waals surface area contributed by atoms with Crippen LogP contribution in [-0.4, -0.2) is 10.8 Å². The summed E-state index contributed by atoms with van der Waals surface area (Å²) >= 11 is 4.81. The molecule has 2 rings (SSSR count). The van der Waals surface area contributed by atoms with Crippen molar-refractivity contribution in [1.82, 2.24) is 5.32 Å². The van der Waals surface area contributed by atoms with Gasteiger partial charge in [0.1, 0.15) is 4.92 Å².